The minimum absolute atomic E-state index is 0.109. The molecule has 0 radical (unpaired) electrons. The Bertz CT molecular complexity index is 1210. The lowest BCUT2D eigenvalue weighted by Crippen LogP contribution is -2.48. The molecule has 0 bridgehead atoms. The molecule has 13 nitrogen and oxygen atoms in total. The normalized spacial score (nSPS) is 23.0. The van der Waals surface area contributed by atoms with Gasteiger partial charge in [0.25, 0.3) is 5.91 Å². The van der Waals surface area contributed by atoms with Crippen LogP contribution in [0.4, 0.5) is 38.5 Å². The van der Waals surface area contributed by atoms with Crippen LogP contribution in [0.15, 0.2) is 18.3 Å². The van der Waals surface area contributed by atoms with Crippen molar-refractivity contribution in [1.29, 1.82) is 0 Å². The highest BCUT2D eigenvalue weighted by Gasteiger charge is 2.64. The minimum Gasteiger partial charge on any atom is -0.438 e. The monoisotopic (exact) mass is 541 g/mol. The van der Waals surface area contributed by atoms with Gasteiger partial charge in [0.15, 0.2) is 17.2 Å². The molecule has 2 aliphatic heterocycles. The van der Waals surface area contributed by atoms with E-state index in [1.807, 2.05) is 0 Å². The summed E-state index contributed by atoms with van der Waals surface area (Å²) in [6.45, 7) is 0.590. The first-order chi connectivity index (χ1) is 18.2. The zero-order valence-electron chi connectivity index (χ0n) is 19.7. The van der Waals surface area contributed by atoms with Crippen LogP contribution in [0.1, 0.15) is 12.1 Å². The van der Waals surface area contributed by atoms with Crippen LogP contribution < -0.4 is 25.9 Å². The van der Waals surface area contributed by atoms with E-state index in [1.165, 1.54) is 16.1 Å². The summed E-state index contributed by atoms with van der Waals surface area (Å²) in [5.74, 6) is -3.35. The molecule has 3 heterocycles. The Morgan fingerprint density at radius 3 is 2.66 bits per heavy atom. The number of carbonyl (C=O) groups is 3. The lowest BCUT2D eigenvalue weighted by atomic mass is 10.2. The van der Waals surface area contributed by atoms with Crippen molar-refractivity contribution in [3.05, 3.63) is 35.7 Å². The van der Waals surface area contributed by atoms with E-state index in [0.717, 1.165) is 17.0 Å². The molecule has 5 rings (SSSR count). The van der Waals surface area contributed by atoms with Crippen molar-refractivity contribution in [2.75, 3.05) is 42.5 Å². The molecule has 1 aromatic heterocycles. The lowest BCUT2D eigenvalue weighted by Gasteiger charge is -2.25. The van der Waals surface area contributed by atoms with Crippen LogP contribution in [0.3, 0.4) is 0 Å². The van der Waals surface area contributed by atoms with Crippen LogP contribution in [0, 0.1) is 11.6 Å². The van der Waals surface area contributed by atoms with Gasteiger partial charge in [-0.2, -0.15) is 24.2 Å². The zero-order chi connectivity index (χ0) is 27.0. The Hall–Kier alpha value is -4.15. The van der Waals surface area contributed by atoms with Crippen molar-refractivity contribution in [3.63, 3.8) is 0 Å². The smallest absolute Gasteiger partial charge is 0.415 e. The van der Waals surface area contributed by atoms with Crippen molar-refractivity contribution < 1.29 is 36.7 Å². The van der Waals surface area contributed by atoms with E-state index in [-0.39, 0.29) is 57.1 Å². The quantitative estimate of drug-likeness (QED) is 0.386. The third kappa shape index (κ3) is 5.00. The molecular weight excluding hydrogens is 518 g/mol. The summed E-state index contributed by atoms with van der Waals surface area (Å²) < 4.78 is 60.6. The largest absolute Gasteiger partial charge is 0.438 e. The van der Waals surface area contributed by atoms with Crippen molar-refractivity contribution in [2.24, 2.45) is 0 Å². The van der Waals surface area contributed by atoms with E-state index < -0.39 is 47.7 Å². The predicted octanol–water partition coefficient (Wildman–Crippen LogP) is 0.468. The van der Waals surface area contributed by atoms with Gasteiger partial charge in [-0.1, -0.05) is 0 Å². The summed E-state index contributed by atoms with van der Waals surface area (Å²) in [6, 6.07) is 0.701. The molecule has 4 amide bonds. The fraction of sp³-hybridized carbons (Fsp3) is 0.476. The number of nitrogens with one attached hydrogen (secondary N) is 4. The number of hydrazine groups is 1. The molecule has 1 aromatic carbocycles. The second-order valence-electron chi connectivity index (χ2n) is 9.01. The summed E-state index contributed by atoms with van der Waals surface area (Å²) in [7, 11) is 0. The summed E-state index contributed by atoms with van der Waals surface area (Å²) in [6.07, 6.45) is -2.55. The van der Waals surface area contributed by atoms with Gasteiger partial charge in [-0.05, 0) is 0 Å². The first-order valence-electron chi connectivity index (χ1n) is 11.6. The van der Waals surface area contributed by atoms with Crippen LogP contribution in [-0.2, 0) is 16.1 Å². The van der Waals surface area contributed by atoms with Gasteiger partial charge < -0.3 is 20.3 Å². The number of amides is 4. The van der Waals surface area contributed by atoms with Crippen molar-refractivity contribution >= 4 is 29.4 Å². The van der Waals surface area contributed by atoms with E-state index >= 15 is 8.78 Å². The van der Waals surface area contributed by atoms with Gasteiger partial charge in [-0.3, -0.25) is 14.7 Å². The Morgan fingerprint density at radius 1 is 1.21 bits per heavy atom. The molecule has 2 saturated heterocycles. The highest BCUT2D eigenvalue weighted by Crippen LogP contribution is 2.46. The number of hydrogen-bond acceptors (Lipinski definition) is 8. The molecule has 4 N–H and O–H groups in total. The number of benzene rings is 1. The number of aromatic nitrogens is 3. The molecule has 2 aromatic rings. The van der Waals surface area contributed by atoms with Crippen LogP contribution >= 0.6 is 0 Å². The Morgan fingerprint density at radius 2 is 1.97 bits per heavy atom. The highest BCUT2D eigenvalue weighted by atomic mass is 19.3. The number of carbonyl (C=O) groups excluding carboxylic acids is 3. The number of halogens is 4. The van der Waals surface area contributed by atoms with Gasteiger partial charge in [-0.25, -0.2) is 23.8 Å². The maximum Gasteiger partial charge on any atom is 0.415 e. The van der Waals surface area contributed by atoms with E-state index in [4.69, 9.17) is 4.74 Å². The number of ether oxygens (including phenoxy) is 1. The molecule has 17 heteroatoms. The standard InChI is InChI=1S/C21H23F4N9O4/c22-13-5-12(33-10-21(38-20(33)37)7-15(21)29-18(35)17(24)25)6-14(23)16(13)32-2-1-28-34(4-3-32)19(36)26-8-11-9-27-31-30-11/h5-6,9,15,17,28H,1-4,7-8,10H2,(H,26,36)(H,29,35)(H,27,30,31). The Balaban J connectivity index is 1.22. The number of urea groups is 1. The van der Waals surface area contributed by atoms with Gasteiger partial charge >= 0.3 is 18.5 Å². The van der Waals surface area contributed by atoms with E-state index in [9.17, 15) is 23.2 Å². The summed E-state index contributed by atoms with van der Waals surface area (Å²) in [4.78, 5) is 38.5. The number of nitrogens with zero attached hydrogens (tertiary/aromatic N) is 5. The van der Waals surface area contributed by atoms with E-state index in [2.05, 4.69) is 31.5 Å². The molecule has 204 valence electrons. The second-order valence-corrected chi connectivity index (χ2v) is 9.01. The number of hydrogen-bond donors (Lipinski definition) is 4. The molecule has 1 saturated carbocycles. The van der Waals surface area contributed by atoms with E-state index in [1.54, 1.807) is 0 Å². The maximum atomic E-state index is 15.2. The van der Waals surface area contributed by atoms with Gasteiger partial charge in [0, 0.05) is 38.2 Å². The first-order valence-corrected chi connectivity index (χ1v) is 11.6. The fourth-order valence-electron chi connectivity index (χ4n) is 4.49. The SMILES string of the molecule is O=C(NC1CC12CN(c1cc(F)c(N3CCNN(C(=O)NCc4cn[nH]n4)CC3)c(F)c1)C(=O)O2)C(F)F. The van der Waals surface area contributed by atoms with Gasteiger partial charge in [-0.15, -0.1) is 0 Å². The molecule has 3 aliphatic rings. The maximum absolute atomic E-state index is 15.2. The van der Waals surface area contributed by atoms with Crippen LogP contribution in [0.2, 0.25) is 0 Å². The third-order valence-electron chi connectivity index (χ3n) is 6.51. The van der Waals surface area contributed by atoms with Crippen molar-refractivity contribution in [1.82, 2.24) is 36.5 Å². The molecule has 1 aliphatic carbocycles. The highest BCUT2D eigenvalue weighted by molar-refractivity contribution is 5.92. The predicted molar refractivity (Wildman–Crippen MR) is 121 cm³/mol. The molecule has 38 heavy (non-hydrogen) atoms. The van der Waals surface area contributed by atoms with Crippen LogP contribution in [0.25, 0.3) is 0 Å². The number of alkyl halides is 2. The van der Waals surface area contributed by atoms with Gasteiger partial charge in [0.2, 0.25) is 0 Å². The van der Waals surface area contributed by atoms with Gasteiger partial charge in [0.1, 0.15) is 11.4 Å². The first kappa shape index (κ1) is 25.5. The van der Waals surface area contributed by atoms with Gasteiger partial charge in [0.05, 0.1) is 37.6 Å². The van der Waals surface area contributed by atoms with Crippen molar-refractivity contribution in [2.45, 2.75) is 31.0 Å². The fourth-order valence-corrected chi connectivity index (χ4v) is 4.49. The molecule has 2 unspecified atom stereocenters. The molecule has 2 atom stereocenters. The second kappa shape index (κ2) is 9.96. The lowest BCUT2D eigenvalue weighted by molar-refractivity contribution is -0.132. The average Bonchev–Trinajstić information content (AvgIpc) is 3.16. The average molecular weight is 541 g/mol. The summed E-state index contributed by atoms with van der Waals surface area (Å²) >= 11 is 0. The summed E-state index contributed by atoms with van der Waals surface area (Å²) in [5, 5.41) is 16.0. The molecule has 3 fully saturated rings. The van der Waals surface area contributed by atoms with Crippen molar-refractivity contribution in [3.8, 4) is 0 Å². The van der Waals surface area contributed by atoms with E-state index in [0.29, 0.717) is 5.69 Å². The van der Waals surface area contributed by atoms with Crippen LogP contribution in [-0.4, -0.2) is 89.2 Å². The Kier molecular flexibility index (Phi) is 6.68. The third-order valence-corrected chi connectivity index (χ3v) is 6.51. The zero-order valence-corrected chi connectivity index (χ0v) is 19.7. The molecule has 1 spiro atoms. The number of rotatable bonds is 6. The number of aromatic amines is 1. The number of H-pyrrole nitrogens is 1. The Labute approximate surface area is 212 Å². The topological polar surface area (TPSA) is 148 Å². The minimum atomic E-state index is -3.22. The van der Waals surface area contributed by atoms with Crippen LogP contribution in [0.5, 0.6) is 0 Å². The number of anilines is 2. The summed E-state index contributed by atoms with van der Waals surface area (Å²) in [5.41, 5.74) is 1.77. The molecular formula is C21H23F4N9O4.